The predicted molar refractivity (Wildman–Crippen MR) is 68.7 cm³/mol. The van der Waals surface area contributed by atoms with Crippen LogP contribution in [0.5, 0.6) is 0 Å². The Hall–Kier alpha value is -1.43. The summed E-state index contributed by atoms with van der Waals surface area (Å²) in [5.74, 6) is -0.612. The van der Waals surface area contributed by atoms with E-state index in [1.807, 2.05) is 14.1 Å². The quantitative estimate of drug-likeness (QED) is 0.789. The van der Waals surface area contributed by atoms with Crippen molar-refractivity contribution in [2.45, 2.75) is 33.2 Å². The van der Waals surface area contributed by atoms with Crippen LogP contribution in [0.25, 0.3) is 0 Å². The lowest BCUT2D eigenvalue weighted by Crippen LogP contribution is -2.17. The van der Waals surface area contributed by atoms with Crippen LogP contribution in [0.2, 0.25) is 0 Å². The van der Waals surface area contributed by atoms with Crippen molar-refractivity contribution in [3.63, 3.8) is 0 Å². The summed E-state index contributed by atoms with van der Waals surface area (Å²) in [6.45, 7) is 5.77. The lowest BCUT2D eigenvalue weighted by atomic mass is 10.1. The van der Waals surface area contributed by atoms with Crippen molar-refractivity contribution >= 4 is 5.97 Å². The van der Waals surface area contributed by atoms with Crippen LogP contribution >= 0.6 is 0 Å². The molecule has 0 spiro atoms. The van der Waals surface area contributed by atoms with Gasteiger partial charge in [0.1, 0.15) is 0 Å². The molecule has 1 rings (SSSR count). The second-order valence-electron chi connectivity index (χ2n) is 5.17. The number of carboxylic acid groups (broad SMARTS) is 1. The van der Waals surface area contributed by atoms with Crippen LogP contribution in [0.15, 0.2) is 0 Å². The van der Waals surface area contributed by atoms with Gasteiger partial charge in [-0.05, 0) is 39.4 Å². The summed E-state index contributed by atoms with van der Waals surface area (Å²) in [5.41, 5.74) is 0.824. The number of aryl methyl sites for hydroxylation is 1. The van der Waals surface area contributed by atoms with Gasteiger partial charge in [-0.1, -0.05) is 19.1 Å². The molecule has 0 aliphatic rings. The highest BCUT2D eigenvalue weighted by Crippen LogP contribution is 2.12. The molecule has 0 saturated carbocycles. The number of aromatic nitrogens is 3. The third-order valence-corrected chi connectivity index (χ3v) is 2.62. The molecule has 1 heterocycles. The van der Waals surface area contributed by atoms with Gasteiger partial charge in [-0.2, -0.15) is 0 Å². The summed E-state index contributed by atoms with van der Waals surface area (Å²) < 4.78 is 1.73. The van der Waals surface area contributed by atoms with E-state index in [4.69, 9.17) is 5.11 Å². The number of aromatic carboxylic acids is 1. The first-order chi connectivity index (χ1) is 8.41. The lowest BCUT2D eigenvalue weighted by molar-refractivity contribution is 0.0689. The zero-order valence-corrected chi connectivity index (χ0v) is 11.6. The fourth-order valence-corrected chi connectivity index (χ4v) is 1.80. The number of rotatable bonds is 7. The van der Waals surface area contributed by atoms with Crippen LogP contribution in [0.4, 0.5) is 0 Å². The van der Waals surface area contributed by atoms with Crippen molar-refractivity contribution < 1.29 is 9.90 Å². The molecule has 1 aromatic rings. The second-order valence-corrected chi connectivity index (χ2v) is 5.17. The predicted octanol–water partition coefficient (Wildman–Crippen LogP) is 1.13. The van der Waals surface area contributed by atoms with E-state index in [1.54, 1.807) is 4.68 Å². The molecule has 0 aromatic carbocycles. The van der Waals surface area contributed by atoms with E-state index < -0.39 is 5.97 Å². The van der Waals surface area contributed by atoms with Gasteiger partial charge in [0.15, 0.2) is 5.69 Å². The summed E-state index contributed by atoms with van der Waals surface area (Å²) in [4.78, 5) is 13.2. The van der Waals surface area contributed by atoms with Crippen LogP contribution in [-0.4, -0.2) is 51.6 Å². The topological polar surface area (TPSA) is 71.2 Å². The van der Waals surface area contributed by atoms with E-state index in [2.05, 4.69) is 29.1 Å². The summed E-state index contributed by atoms with van der Waals surface area (Å²) in [7, 11) is 4.03. The maximum Gasteiger partial charge on any atom is 0.358 e. The average Bonchev–Trinajstić information content (AvgIpc) is 2.60. The summed E-state index contributed by atoms with van der Waals surface area (Å²) >= 11 is 0. The van der Waals surface area contributed by atoms with Gasteiger partial charge in [0.25, 0.3) is 0 Å². The first-order valence-corrected chi connectivity index (χ1v) is 6.22. The zero-order chi connectivity index (χ0) is 13.7. The first-order valence-electron chi connectivity index (χ1n) is 6.22. The van der Waals surface area contributed by atoms with Crippen LogP contribution in [0.3, 0.4) is 0 Å². The monoisotopic (exact) mass is 254 g/mol. The number of nitrogens with zero attached hydrogens (tertiary/aromatic N) is 4. The third-order valence-electron chi connectivity index (χ3n) is 2.62. The minimum absolute atomic E-state index is 0.0913. The first kappa shape index (κ1) is 14.6. The minimum Gasteiger partial charge on any atom is -0.476 e. The Labute approximate surface area is 108 Å². The zero-order valence-electron chi connectivity index (χ0n) is 11.6. The molecule has 102 valence electrons. The molecule has 0 unspecified atom stereocenters. The molecule has 0 radical (unpaired) electrons. The summed E-state index contributed by atoms with van der Waals surface area (Å²) in [6.07, 6.45) is 1.62. The van der Waals surface area contributed by atoms with Crippen molar-refractivity contribution in [3.8, 4) is 0 Å². The Morgan fingerprint density at radius 1 is 1.44 bits per heavy atom. The maximum atomic E-state index is 11.1. The van der Waals surface area contributed by atoms with Crippen molar-refractivity contribution in [2.24, 2.45) is 5.92 Å². The van der Waals surface area contributed by atoms with Gasteiger partial charge in [0, 0.05) is 6.54 Å². The van der Waals surface area contributed by atoms with Crippen LogP contribution in [-0.2, 0) is 13.0 Å². The van der Waals surface area contributed by atoms with Gasteiger partial charge < -0.3 is 10.0 Å². The Morgan fingerprint density at radius 3 is 2.61 bits per heavy atom. The number of hydrogen-bond acceptors (Lipinski definition) is 4. The Balaban J connectivity index is 2.80. The van der Waals surface area contributed by atoms with E-state index in [9.17, 15) is 4.79 Å². The number of hydrogen-bond donors (Lipinski definition) is 1. The molecule has 0 fully saturated rings. The Morgan fingerprint density at radius 2 is 2.11 bits per heavy atom. The van der Waals surface area contributed by atoms with Crippen molar-refractivity contribution in [1.29, 1.82) is 0 Å². The standard InChI is InChI=1S/C12H22N4O2/c1-9(2)8-10-11(12(17)18)13-14-16(10)7-5-6-15(3)4/h9H,5-8H2,1-4H3,(H,17,18). The number of carboxylic acids is 1. The summed E-state index contributed by atoms with van der Waals surface area (Å²) in [6, 6.07) is 0. The largest absolute Gasteiger partial charge is 0.476 e. The molecule has 0 bridgehead atoms. The van der Waals surface area contributed by atoms with Gasteiger partial charge in [-0.3, -0.25) is 0 Å². The number of carbonyl (C=O) groups is 1. The van der Waals surface area contributed by atoms with Gasteiger partial charge in [-0.15, -0.1) is 5.10 Å². The van der Waals surface area contributed by atoms with E-state index in [1.165, 1.54) is 0 Å². The smallest absolute Gasteiger partial charge is 0.358 e. The van der Waals surface area contributed by atoms with Gasteiger partial charge in [0.2, 0.25) is 0 Å². The van der Waals surface area contributed by atoms with E-state index in [-0.39, 0.29) is 5.69 Å². The van der Waals surface area contributed by atoms with Gasteiger partial charge in [0.05, 0.1) is 5.69 Å². The Kier molecular flexibility index (Phi) is 5.27. The molecule has 0 amide bonds. The molecule has 18 heavy (non-hydrogen) atoms. The van der Waals surface area contributed by atoms with Crippen LogP contribution in [0.1, 0.15) is 36.5 Å². The van der Waals surface area contributed by atoms with Crippen molar-refractivity contribution in [1.82, 2.24) is 19.9 Å². The van der Waals surface area contributed by atoms with Gasteiger partial charge >= 0.3 is 5.97 Å². The van der Waals surface area contributed by atoms with Crippen molar-refractivity contribution in [3.05, 3.63) is 11.4 Å². The average molecular weight is 254 g/mol. The van der Waals surface area contributed by atoms with Crippen LogP contribution < -0.4 is 0 Å². The molecular weight excluding hydrogens is 232 g/mol. The molecule has 0 aliphatic heterocycles. The van der Waals surface area contributed by atoms with E-state index >= 15 is 0 Å². The molecule has 6 nitrogen and oxygen atoms in total. The highest BCUT2D eigenvalue weighted by Gasteiger charge is 2.19. The van der Waals surface area contributed by atoms with E-state index in [0.29, 0.717) is 18.9 Å². The highest BCUT2D eigenvalue weighted by atomic mass is 16.4. The van der Waals surface area contributed by atoms with E-state index in [0.717, 1.165) is 18.7 Å². The molecule has 0 atom stereocenters. The maximum absolute atomic E-state index is 11.1. The molecule has 1 N–H and O–H groups in total. The fourth-order valence-electron chi connectivity index (χ4n) is 1.80. The highest BCUT2D eigenvalue weighted by molar-refractivity contribution is 5.86. The molecule has 6 heteroatoms. The second kappa shape index (κ2) is 6.49. The van der Waals surface area contributed by atoms with Gasteiger partial charge in [-0.25, -0.2) is 9.48 Å². The SMILES string of the molecule is CC(C)Cc1c(C(=O)O)nnn1CCCN(C)C. The molecular formula is C12H22N4O2. The normalized spacial score (nSPS) is 11.4. The Bertz CT molecular complexity index is 399. The molecule has 1 aromatic heterocycles. The third kappa shape index (κ3) is 4.10. The lowest BCUT2D eigenvalue weighted by Gasteiger charge is -2.11. The minimum atomic E-state index is -0.996. The van der Waals surface area contributed by atoms with Crippen LogP contribution in [0, 0.1) is 5.92 Å². The molecule has 0 aliphatic carbocycles. The van der Waals surface area contributed by atoms with Crippen molar-refractivity contribution in [2.75, 3.05) is 20.6 Å². The summed E-state index contributed by atoms with van der Waals surface area (Å²) in [5, 5.41) is 16.8. The fraction of sp³-hybridized carbons (Fsp3) is 0.750. The molecule has 0 saturated heterocycles.